The summed E-state index contributed by atoms with van der Waals surface area (Å²) in [7, 11) is 0. The number of aromatic amines is 1. The molecular formula is C23H18N2O2S. The van der Waals surface area contributed by atoms with Crippen LogP contribution in [-0.4, -0.2) is 17.4 Å². The molecular weight excluding hydrogens is 368 g/mol. The molecule has 3 aromatic heterocycles. The number of aromatic nitrogens is 1. The van der Waals surface area contributed by atoms with Crippen LogP contribution in [0, 0.1) is 0 Å². The highest BCUT2D eigenvalue weighted by Gasteiger charge is 2.21. The average molecular weight is 386 g/mol. The van der Waals surface area contributed by atoms with Gasteiger partial charge in [0.25, 0.3) is 5.91 Å². The summed E-state index contributed by atoms with van der Waals surface area (Å²) in [4.78, 5) is 17.3. The van der Waals surface area contributed by atoms with Gasteiger partial charge in [-0.2, -0.15) is 0 Å². The van der Waals surface area contributed by atoms with E-state index in [2.05, 4.69) is 33.9 Å². The zero-order chi connectivity index (χ0) is 18.9. The first-order valence-corrected chi connectivity index (χ1v) is 10.0. The fourth-order valence-corrected chi connectivity index (χ4v) is 4.46. The third-order valence-corrected chi connectivity index (χ3v) is 5.99. The molecule has 0 aliphatic carbocycles. The molecule has 0 aliphatic heterocycles. The highest BCUT2D eigenvalue weighted by atomic mass is 32.1. The van der Waals surface area contributed by atoms with Crippen LogP contribution < -0.4 is 5.32 Å². The van der Waals surface area contributed by atoms with Gasteiger partial charge in [-0.25, -0.2) is 0 Å². The molecule has 0 spiro atoms. The minimum atomic E-state index is -0.197. The van der Waals surface area contributed by atoms with E-state index < -0.39 is 0 Å². The van der Waals surface area contributed by atoms with E-state index in [0.717, 1.165) is 16.5 Å². The Morgan fingerprint density at radius 2 is 1.93 bits per heavy atom. The molecule has 5 heteroatoms. The van der Waals surface area contributed by atoms with E-state index in [1.54, 1.807) is 17.4 Å². The minimum Gasteiger partial charge on any atom is -0.451 e. The number of rotatable bonds is 5. The van der Waals surface area contributed by atoms with Crippen molar-refractivity contribution in [1.82, 2.24) is 10.3 Å². The van der Waals surface area contributed by atoms with Crippen LogP contribution in [0.4, 0.5) is 0 Å². The van der Waals surface area contributed by atoms with E-state index >= 15 is 0 Å². The fourth-order valence-electron chi connectivity index (χ4n) is 3.61. The normalized spacial score (nSPS) is 12.4. The Labute approximate surface area is 165 Å². The molecule has 0 radical (unpaired) electrons. The topological polar surface area (TPSA) is 58.0 Å². The van der Waals surface area contributed by atoms with Crippen molar-refractivity contribution in [3.8, 4) is 0 Å². The molecule has 0 bridgehead atoms. The van der Waals surface area contributed by atoms with E-state index in [0.29, 0.717) is 12.3 Å². The Morgan fingerprint density at radius 1 is 1.07 bits per heavy atom. The molecule has 5 aromatic rings. The van der Waals surface area contributed by atoms with Gasteiger partial charge >= 0.3 is 0 Å². The summed E-state index contributed by atoms with van der Waals surface area (Å²) < 4.78 is 5.70. The van der Waals surface area contributed by atoms with Crippen LogP contribution in [0.5, 0.6) is 0 Å². The first-order chi connectivity index (χ1) is 13.8. The third-order valence-electron chi connectivity index (χ3n) is 5.00. The third kappa shape index (κ3) is 3.00. The monoisotopic (exact) mass is 386 g/mol. The van der Waals surface area contributed by atoms with Crippen LogP contribution in [0.15, 0.2) is 82.7 Å². The van der Waals surface area contributed by atoms with Crippen molar-refractivity contribution in [2.45, 2.75) is 5.92 Å². The Morgan fingerprint density at radius 3 is 2.79 bits per heavy atom. The second kappa shape index (κ2) is 7.02. The van der Waals surface area contributed by atoms with Gasteiger partial charge in [-0.05, 0) is 35.2 Å². The second-order valence-corrected chi connectivity index (χ2v) is 7.70. The van der Waals surface area contributed by atoms with Crippen LogP contribution in [0.25, 0.3) is 21.9 Å². The number of para-hydroxylation sites is 2. The molecule has 5 rings (SSSR count). The molecule has 2 N–H and O–H groups in total. The van der Waals surface area contributed by atoms with Crippen molar-refractivity contribution in [2.75, 3.05) is 6.54 Å². The van der Waals surface area contributed by atoms with Crippen molar-refractivity contribution in [3.63, 3.8) is 0 Å². The quantitative estimate of drug-likeness (QED) is 0.417. The molecule has 0 fully saturated rings. The van der Waals surface area contributed by atoms with Gasteiger partial charge in [0.15, 0.2) is 5.76 Å². The first kappa shape index (κ1) is 16.8. The first-order valence-electron chi connectivity index (χ1n) is 9.16. The summed E-state index contributed by atoms with van der Waals surface area (Å²) in [5.41, 5.74) is 3.00. The van der Waals surface area contributed by atoms with Crippen LogP contribution in [0.1, 0.15) is 26.9 Å². The van der Waals surface area contributed by atoms with E-state index in [1.165, 1.54) is 15.8 Å². The Bertz CT molecular complexity index is 1220. The van der Waals surface area contributed by atoms with E-state index in [-0.39, 0.29) is 11.8 Å². The molecule has 0 saturated heterocycles. The zero-order valence-corrected chi connectivity index (χ0v) is 15.8. The second-order valence-electron chi connectivity index (χ2n) is 6.72. The number of carbonyl (C=O) groups excluding carboxylic acids is 1. The summed E-state index contributed by atoms with van der Waals surface area (Å²) in [5.74, 6) is 0.215. The van der Waals surface area contributed by atoms with Crippen LogP contribution >= 0.6 is 11.3 Å². The minimum absolute atomic E-state index is 0.0736. The van der Waals surface area contributed by atoms with E-state index in [4.69, 9.17) is 4.42 Å². The van der Waals surface area contributed by atoms with Gasteiger partial charge in [-0.15, -0.1) is 11.3 Å². The van der Waals surface area contributed by atoms with Gasteiger partial charge in [0.1, 0.15) is 5.58 Å². The average Bonchev–Trinajstić information content (AvgIpc) is 3.47. The number of amides is 1. The van der Waals surface area contributed by atoms with Gasteiger partial charge < -0.3 is 14.7 Å². The lowest BCUT2D eigenvalue weighted by Gasteiger charge is -2.16. The largest absolute Gasteiger partial charge is 0.451 e. The lowest BCUT2D eigenvalue weighted by atomic mass is 9.96. The van der Waals surface area contributed by atoms with Crippen molar-refractivity contribution in [1.29, 1.82) is 0 Å². The number of furan rings is 1. The van der Waals surface area contributed by atoms with Crippen molar-refractivity contribution >= 4 is 39.1 Å². The van der Waals surface area contributed by atoms with E-state index in [1.807, 2.05) is 48.7 Å². The van der Waals surface area contributed by atoms with Crippen molar-refractivity contribution in [3.05, 3.63) is 94.5 Å². The molecule has 0 saturated carbocycles. The highest BCUT2D eigenvalue weighted by molar-refractivity contribution is 7.10. The molecule has 0 aliphatic rings. The maximum absolute atomic E-state index is 12.7. The molecule has 1 amide bonds. The zero-order valence-electron chi connectivity index (χ0n) is 15.0. The summed E-state index contributed by atoms with van der Waals surface area (Å²) in [6, 6.07) is 21.8. The number of benzene rings is 2. The molecule has 1 atom stereocenters. The number of carbonyl (C=O) groups is 1. The summed E-state index contributed by atoms with van der Waals surface area (Å²) in [6.07, 6.45) is 2.04. The number of H-pyrrole nitrogens is 1. The lowest BCUT2D eigenvalue weighted by Crippen LogP contribution is -2.28. The van der Waals surface area contributed by atoms with Gasteiger partial charge in [-0.3, -0.25) is 4.79 Å². The maximum atomic E-state index is 12.7. The molecule has 3 heterocycles. The summed E-state index contributed by atoms with van der Waals surface area (Å²) >= 11 is 1.70. The Kier molecular flexibility index (Phi) is 4.22. The van der Waals surface area contributed by atoms with Crippen LogP contribution in [0.2, 0.25) is 0 Å². The Balaban J connectivity index is 1.43. The van der Waals surface area contributed by atoms with Gasteiger partial charge in [0.05, 0.1) is 0 Å². The van der Waals surface area contributed by atoms with E-state index in [9.17, 15) is 4.79 Å². The fraction of sp³-hybridized carbons (Fsp3) is 0.0870. The van der Waals surface area contributed by atoms with Crippen LogP contribution in [-0.2, 0) is 0 Å². The molecule has 138 valence electrons. The number of fused-ring (bicyclic) bond motifs is 2. The van der Waals surface area contributed by atoms with Crippen molar-refractivity contribution < 1.29 is 9.21 Å². The van der Waals surface area contributed by atoms with Crippen LogP contribution in [0.3, 0.4) is 0 Å². The predicted octanol–water partition coefficient (Wildman–Crippen LogP) is 5.54. The lowest BCUT2D eigenvalue weighted by molar-refractivity contribution is 0.0927. The summed E-state index contributed by atoms with van der Waals surface area (Å²) in [5, 5.41) is 7.24. The van der Waals surface area contributed by atoms with Gasteiger partial charge in [0, 0.05) is 39.8 Å². The summed E-state index contributed by atoms with van der Waals surface area (Å²) in [6.45, 7) is 0.498. The standard InChI is InChI=1S/C23H18N2O2S/c26-23(21-12-15-6-1-4-9-20(15)27-21)25-14-18(22-10-5-11-28-22)17-13-24-19-8-3-2-7-16(17)19/h1-13,18,24H,14H2,(H,25,26). The maximum Gasteiger partial charge on any atom is 0.287 e. The number of hydrogen-bond acceptors (Lipinski definition) is 3. The molecule has 1 unspecified atom stereocenters. The Hall–Kier alpha value is -3.31. The SMILES string of the molecule is O=C(NCC(c1cccs1)c1c[nH]c2ccccc12)c1cc2ccccc2o1. The smallest absolute Gasteiger partial charge is 0.287 e. The number of hydrogen-bond donors (Lipinski definition) is 2. The number of nitrogens with one attached hydrogen (secondary N) is 2. The molecule has 4 nitrogen and oxygen atoms in total. The van der Waals surface area contributed by atoms with Crippen molar-refractivity contribution in [2.24, 2.45) is 0 Å². The number of thiophene rings is 1. The predicted molar refractivity (Wildman–Crippen MR) is 113 cm³/mol. The van der Waals surface area contributed by atoms with Gasteiger partial charge in [0.2, 0.25) is 0 Å². The molecule has 28 heavy (non-hydrogen) atoms. The van der Waals surface area contributed by atoms with Gasteiger partial charge in [-0.1, -0.05) is 42.5 Å². The highest BCUT2D eigenvalue weighted by Crippen LogP contribution is 2.33. The molecule has 2 aromatic carbocycles.